The predicted octanol–water partition coefficient (Wildman–Crippen LogP) is 3.77. The summed E-state index contributed by atoms with van der Waals surface area (Å²) >= 11 is 0. The summed E-state index contributed by atoms with van der Waals surface area (Å²) in [5.41, 5.74) is 6.86. The average Bonchev–Trinajstić information content (AvgIpc) is 3.53. The molecule has 0 unspecified atom stereocenters. The molecule has 4 aromatic heterocycles. The molecule has 0 radical (unpaired) electrons. The van der Waals surface area contributed by atoms with E-state index in [9.17, 15) is 14.4 Å². The van der Waals surface area contributed by atoms with Crippen molar-refractivity contribution in [1.29, 1.82) is 5.26 Å². The van der Waals surface area contributed by atoms with Crippen LogP contribution in [0.15, 0.2) is 79.4 Å². The smallest absolute Gasteiger partial charge is 0.228 e. The van der Waals surface area contributed by atoms with Crippen molar-refractivity contribution in [2.45, 2.75) is 6.42 Å². The Balaban J connectivity index is 1.09. The fourth-order valence-electron chi connectivity index (χ4n) is 6.06. The standard InChI is InChI=1S/C34H32FN9O/c35-28-4-5-29(38-22-28)18-33(45)43-15-13-42(14-16-43)32-8-3-25(20-39-32)31-17-26(23-44-34(31)27(19-36)21-40-44)24-1-6-30(7-2-24)41-11-9-37-10-12-41/h1-8,17,20-23,37H,9-16,18H2. The van der Waals surface area contributed by atoms with Crippen LogP contribution < -0.4 is 15.1 Å². The van der Waals surface area contributed by atoms with Crippen LogP contribution in [-0.2, 0) is 11.2 Å². The van der Waals surface area contributed by atoms with Gasteiger partial charge in [0.05, 0.1) is 29.9 Å². The number of benzene rings is 1. The number of aromatic nitrogens is 4. The van der Waals surface area contributed by atoms with E-state index in [1.54, 1.807) is 16.8 Å². The molecule has 0 atom stereocenters. The van der Waals surface area contributed by atoms with Gasteiger partial charge in [-0.2, -0.15) is 10.4 Å². The first-order valence-electron chi connectivity index (χ1n) is 15.1. The number of carbonyl (C=O) groups is 1. The van der Waals surface area contributed by atoms with E-state index < -0.39 is 5.82 Å². The molecule has 10 nitrogen and oxygen atoms in total. The Morgan fingerprint density at radius 3 is 2.31 bits per heavy atom. The van der Waals surface area contributed by atoms with E-state index in [1.807, 2.05) is 29.4 Å². The summed E-state index contributed by atoms with van der Waals surface area (Å²) in [6, 6.07) is 19.9. The van der Waals surface area contributed by atoms with E-state index in [2.05, 4.69) is 61.6 Å². The monoisotopic (exact) mass is 601 g/mol. The summed E-state index contributed by atoms with van der Waals surface area (Å²) in [5, 5.41) is 17.7. The van der Waals surface area contributed by atoms with Gasteiger partial charge < -0.3 is 20.0 Å². The first-order chi connectivity index (χ1) is 22.1. The van der Waals surface area contributed by atoms with E-state index >= 15 is 0 Å². The fourth-order valence-corrected chi connectivity index (χ4v) is 6.06. The second kappa shape index (κ2) is 12.3. The van der Waals surface area contributed by atoms with Gasteiger partial charge in [-0.1, -0.05) is 12.1 Å². The van der Waals surface area contributed by atoms with Crippen molar-refractivity contribution in [2.24, 2.45) is 0 Å². The number of halogens is 1. The van der Waals surface area contributed by atoms with Gasteiger partial charge in [0.1, 0.15) is 17.7 Å². The summed E-state index contributed by atoms with van der Waals surface area (Å²) in [7, 11) is 0. The molecule has 7 rings (SSSR count). The Kier molecular flexibility index (Phi) is 7.80. The van der Waals surface area contributed by atoms with E-state index in [0.717, 1.165) is 66.0 Å². The molecule has 226 valence electrons. The molecule has 45 heavy (non-hydrogen) atoms. The summed E-state index contributed by atoms with van der Waals surface area (Å²) in [4.78, 5) is 27.9. The molecular weight excluding hydrogens is 569 g/mol. The number of amides is 1. The highest BCUT2D eigenvalue weighted by Crippen LogP contribution is 2.33. The molecule has 2 fully saturated rings. The first kappa shape index (κ1) is 28.4. The molecule has 2 aliphatic heterocycles. The Morgan fingerprint density at radius 2 is 1.62 bits per heavy atom. The van der Waals surface area contributed by atoms with Gasteiger partial charge in [-0.05, 0) is 48.0 Å². The van der Waals surface area contributed by atoms with Crippen molar-refractivity contribution in [3.63, 3.8) is 0 Å². The number of fused-ring (bicyclic) bond motifs is 1. The van der Waals surface area contributed by atoms with Gasteiger partial charge in [0.25, 0.3) is 0 Å². The summed E-state index contributed by atoms with van der Waals surface area (Å²) in [6.45, 7) is 6.41. The third kappa shape index (κ3) is 5.92. The highest BCUT2D eigenvalue weighted by molar-refractivity contribution is 5.88. The number of piperazine rings is 2. The topological polar surface area (TPSA) is 106 Å². The van der Waals surface area contributed by atoms with Crippen molar-refractivity contribution in [2.75, 3.05) is 62.2 Å². The highest BCUT2D eigenvalue weighted by atomic mass is 19.1. The number of hydrogen-bond donors (Lipinski definition) is 1. The maximum atomic E-state index is 13.2. The van der Waals surface area contributed by atoms with Crippen molar-refractivity contribution >= 4 is 22.9 Å². The second-order valence-electron chi connectivity index (χ2n) is 11.3. The molecule has 6 heterocycles. The molecule has 0 saturated carbocycles. The predicted molar refractivity (Wildman–Crippen MR) is 170 cm³/mol. The van der Waals surface area contributed by atoms with Crippen LogP contribution in [0, 0.1) is 17.1 Å². The number of hydrogen-bond acceptors (Lipinski definition) is 8. The van der Waals surface area contributed by atoms with Crippen LogP contribution in [0.5, 0.6) is 0 Å². The van der Waals surface area contributed by atoms with Gasteiger partial charge >= 0.3 is 0 Å². The Labute approximate surface area is 260 Å². The molecule has 2 aliphatic rings. The average molecular weight is 602 g/mol. The summed E-state index contributed by atoms with van der Waals surface area (Å²) in [5.74, 6) is 0.395. The molecule has 5 aromatic rings. The highest BCUT2D eigenvalue weighted by Gasteiger charge is 2.23. The lowest BCUT2D eigenvalue weighted by Crippen LogP contribution is -2.49. The van der Waals surface area contributed by atoms with Crippen LogP contribution in [-0.4, -0.2) is 82.7 Å². The van der Waals surface area contributed by atoms with Crippen molar-refractivity contribution in [3.8, 4) is 28.3 Å². The van der Waals surface area contributed by atoms with Crippen LogP contribution in [0.1, 0.15) is 11.3 Å². The van der Waals surface area contributed by atoms with E-state index in [-0.39, 0.29) is 12.3 Å². The summed E-state index contributed by atoms with van der Waals surface area (Å²) in [6.07, 6.45) is 6.70. The van der Waals surface area contributed by atoms with Gasteiger partial charge in [0, 0.05) is 92.8 Å². The Hall–Kier alpha value is -5.34. The maximum absolute atomic E-state index is 13.2. The molecule has 1 N–H and O–H groups in total. The molecule has 2 saturated heterocycles. The minimum absolute atomic E-state index is 0.0199. The van der Waals surface area contributed by atoms with Gasteiger partial charge in [-0.25, -0.2) is 13.9 Å². The zero-order valence-electron chi connectivity index (χ0n) is 24.7. The lowest BCUT2D eigenvalue weighted by atomic mass is 9.99. The molecule has 0 bridgehead atoms. The molecule has 0 aliphatic carbocycles. The number of anilines is 2. The number of pyridine rings is 3. The van der Waals surface area contributed by atoms with Gasteiger partial charge in [-0.3, -0.25) is 9.78 Å². The van der Waals surface area contributed by atoms with Crippen LogP contribution in [0.25, 0.3) is 27.8 Å². The minimum atomic E-state index is -0.415. The molecule has 1 amide bonds. The minimum Gasteiger partial charge on any atom is -0.369 e. The molecule has 0 spiro atoms. The summed E-state index contributed by atoms with van der Waals surface area (Å²) < 4.78 is 14.9. The Morgan fingerprint density at radius 1 is 0.844 bits per heavy atom. The zero-order chi connectivity index (χ0) is 30.8. The van der Waals surface area contributed by atoms with Crippen molar-refractivity contribution in [3.05, 3.63) is 96.5 Å². The van der Waals surface area contributed by atoms with Gasteiger partial charge in [0.15, 0.2) is 0 Å². The number of nitriles is 1. The van der Waals surface area contributed by atoms with Crippen LogP contribution >= 0.6 is 0 Å². The normalized spacial score (nSPS) is 15.3. The van der Waals surface area contributed by atoms with E-state index in [0.29, 0.717) is 37.4 Å². The van der Waals surface area contributed by atoms with E-state index in [1.165, 1.54) is 11.8 Å². The Bertz CT molecular complexity index is 1850. The SMILES string of the molecule is N#Cc1cnn2cc(-c3ccc(N4CCNCC4)cc3)cc(-c3ccc(N4CCN(C(=O)Cc5ccc(F)cn5)CC4)nc3)c12. The van der Waals surface area contributed by atoms with Crippen molar-refractivity contribution < 1.29 is 9.18 Å². The largest absolute Gasteiger partial charge is 0.369 e. The quantitative estimate of drug-likeness (QED) is 0.314. The van der Waals surface area contributed by atoms with Crippen LogP contribution in [0.2, 0.25) is 0 Å². The molecule has 1 aromatic carbocycles. The zero-order valence-corrected chi connectivity index (χ0v) is 24.7. The number of nitrogens with one attached hydrogen (secondary N) is 1. The third-order valence-electron chi connectivity index (χ3n) is 8.55. The van der Waals surface area contributed by atoms with Crippen molar-refractivity contribution in [1.82, 2.24) is 29.8 Å². The third-order valence-corrected chi connectivity index (χ3v) is 8.55. The molecule has 11 heteroatoms. The van der Waals surface area contributed by atoms with E-state index in [4.69, 9.17) is 4.98 Å². The second-order valence-corrected chi connectivity index (χ2v) is 11.3. The number of rotatable bonds is 6. The lowest BCUT2D eigenvalue weighted by molar-refractivity contribution is -0.130. The van der Waals surface area contributed by atoms with Gasteiger partial charge in [0.2, 0.25) is 5.91 Å². The van der Waals surface area contributed by atoms with Crippen LogP contribution in [0.4, 0.5) is 15.9 Å². The fraction of sp³-hybridized carbons (Fsp3) is 0.265. The number of carbonyl (C=O) groups excluding carboxylic acids is 1. The first-order valence-corrected chi connectivity index (χ1v) is 15.1. The molecular formula is C34H32FN9O. The number of nitrogens with zero attached hydrogens (tertiary/aromatic N) is 8. The van der Waals surface area contributed by atoms with Crippen LogP contribution in [0.3, 0.4) is 0 Å². The maximum Gasteiger partial charge on any atom is 0.228 e. The van der Waals surface area contributed by atoms with Gasteiger partial charge in [-0.15, -0.1) is 0 Å². The lowest BCUT2D eigenvalue weighted by Gasteiger charge is -2.35.